The summed E-state index contributed by atoms with van der Waals surface area (Å²) in [7, 11) is 0.543. The molecule has 1 saturated heterocycles. The molecule has 0 bridgehead atoms. The molecule has 2 unspecified atom stereocenters. The fourth-order valence-corrected chi connectivity index (χ4v) is 18.7. The van der Waals surface area contributed by atoms with Crippen molar-refractivity contribution in [3.05, 3.63) is 178 Å². The molecule has 0 aromatic heterocycles. The van der Waals surface area contributed by atoms with Gasteiger partial charge in [-0.2, -0.15) is 0 Å². The Morgan fingerprint density at radius 1 is 0.537 bits per heavy atom. The Labute approximate surface area is 338 Å². The van der Waals surface area contributed by atoms with E-state index in [0.29, 0.717) is 21.4 Å². The van der Waals surface area contributed by atoms with E-state index in [1.807, 2.05) is 0 Å². The molecule has 0 spiro atoms. The van der Waals surface area contributed by atoms with E-state index < -0.39 is 23.2 Å². The first-order chi connectivity index (χ1) is 26.6. The second-order valence-electron chi connectivity index (χ2n) is 16.0. The maximum atomic E-state index is 2.51. The molecule has 0 radical (unpaired) electrons. The number of hydrogen-bond acceptors (Lipinski definition) is 0. The van der Waals surface area contributed by atoms with Gasteiger partial charge in [-0.25, -0.2) is 0 Å². The summed E-state index contributed by atoms with van der Waals surface area (Å²) in [5, 5.41) is 5.37. The van der Waals surface area contributed by atoms with E-state index in [2.05, 4.69) is 161 Å². The van der Waals surface area contributed by atoms with Crippen LogP contribution in [-0.4, -0.2) is 9.52 Å². The van der Waals surface area contributed by atoms with Gasteiger partial charge < -0.3 is 0 Å². The molecule has 1 aliphatic heterocycles. The van der Waals surface area contributed by atoms with Gasteiger partial charge in [0.2, 0.25) is 0 Å². The minimum atomic E-state index is -0.958. The number of rotatable bonds is 10. The molecule has 1 heterocycles. The Bertz CT molecular complexity index is 2170. The quantitative estimate of drug-likeness (QED) is 0.0956. The van der Waals surface area contributed by atoms with Crippen LogP contribution in [0.2, 0.25) is 19.3 Å². The van der Waals surface area contributed by atoms with Crippen LogP contribution in [0.1, 0.15) is 111 Å². The standard InChI is InChI=1S/C44H37.C4H10Si.C4H9.Zr/c1-4-15-40(43-28(2)41(36-22-9-11-24-38(36)43)34-26-13-18-30-16-5-7-20-32(30)34)44-29(3)42(37-23-10-12-25-39(37)44)35-27-14-19-31-17-6-8-21-33(31)35;1-2-4-5-3-1;1-3-4-2;/h5-14,16-27,43-44H,4,15H2,1-3H3;1-5H2;1,3-4H2,2H3;. The summed E-state index contributed by atoms with van der Waals surface area (Å²) >= 11 is -0.958. The molecule has 2 heteroatoms. The zero-order valence-corrected chi connectivity index (χ0v) is 36.8. The SMILES string of the molecule is C1CC[SiH2]C1.CCC[CH2][Zr][C](CCC)(C1C(C)=C(c2cccc3ccccc23)c2ccccc21)C1C(C)=C(c2cccc3ccccc23)c2ccccc21. The molecule has 1 fully saturated rings. The topological polar surface area (TPSA) is 0 Å². The predicted molar refractivity (Wildman–Crippen MR) is 234 cm³/mol. The van der Waals surface area contributed by atoms with Crippen molar-refractivity contribution in [1.29, 1.82) is 0 Å². The van der Waals surface area contributed by atoms with Crippen molar-refractivity contribution in [2.75, 3.05) is 0 Å². The van der Waals surface area contributed by atoms with Gasteiger partial charge in [0.25, 0.3) is 0 Å². The predicted octanol–water partition coefficient (Wildman–Crippen LogP) is 14.6. The Morgan fingerprint density at radius 3 is 1.44 bits per heavy atom. The number of allylic oxidation sites excluding steroid dienone is 2. The van der Waals surface area contributed by atoms with Crippen LogP contribution < -0.4 is 0 Å². The summed E-state index contributed by atoms with van der Waals surface area (Å²) in [6, 6.07) is 54.1. The molecule has 2 atom stereocenters. The molecule has 2 aliphatic carbocycles. The molecule has 0 nitrogen and oxygen atoms in total. The van der Waals surface area contributed by atoms with E-state index >= 15 is 0 Å². The van der Waals surface area contributed by atoms with Crippen LogP contribution in [0.15, 0.2) is 145 Å². The summed E-state index contributed by atoms with van der Waals surface area (Å²) in [5.74, 6) is 0.807. The number of benzene rings is 6. The van der Waals surface area contributed by atoms with Crippen LogP contribution in [0.4, 0.5) is 0 Å². The van der Waals surface area contributed by atoms with E-state index in [4.69, 9.17) is 0 Å². The van der Waals surface area contributed by atoms with E-state index in [-0.39, 0.29) is 3.12 Å². The van der Waals surface area contributed by atoms with Gasteiger partial charge in [0.05, 0.1) is 0 Å². The number of hydrogen-bond donors (Lipinski definition) is 0. The summed E-state index contributed by atoms with van der Waals surface area (Å²) in [5.41, 5.74) is 15.0. The van der Waals surface area contributed by atoms with Gasteiger partial charge in [-0.3, -0.25) is 0 Å². The van der Waals surface area contributed by atoms with Crippen molar-refractivity contribution in [3.8, 4) is 0 Å². The van der Waals surface area contributed by atoms with E-state index in [9.17, 15) is 0 Å². The van der Waals surface area contributed by atoms with Gasteiger partial charge in [0, 0.05) is 9.52 Å². The van der Waals surface area contributed by atoms with Crippen molar-refractivity contribution < 1.29 is 23.2 Å². The fourth-order valence-electron chi connectivity index (χ4n) is 10.6. The minimum absolute atomic E-state index is 0.201. The molecule has 0 N–H and O–H groups in total. The summed E-state index contributed by atoms with van der Waals surface area (Å²) < 4.78 is 1.62. The third-order valence-corrected chi connectivity index (χ3v) is 19.9. The van der Waals surface area contributed by atoms with Crippen molar-refractivity contribution in [3.63, 3.8) is 0 Å². The van der Waals surface area contributed by atoms with E-state index in [1.54, 1.807) is 47.2 Å². The summed E-state index contributed by atoms with van der Waals surface area (Å²) in [4.78, 5) is 0. The number of fused-ring (bicyclic) bond motifs is 4. The molecular weight excluding hydrogens is 744 g/mol. The molecular formula is C52H56SiZr. The van der Waals surface area contributed by atoms with Crippen molar-refractivity contribution in [2.45, 2.75) is 97.4 Å². The van der Waals surface area contributed by atoms with Gasteiger partial charge in [0.15, 0.2) is 0 Å². The van der Waals surface area contributed by atoms with Crippen LogP contribution in [0, 0.1) is 0 Å². The average Bonchev–Trinajstić information content (AvgIpc) is 3.96. The Hall–Kier alpha value is -3.58. The maximum absolute atomic E-state index is 2.51. The van der Waals surface area contributed by atoms with E-state index in [1.165, 1.54) is 84.8 Å². The second kappa shape index (κ2) is 16.6. The first-order valence-corrected chi connectivity index (χ1v) is 25.9. The zero-order valence-electron chi connectivity index (χ0n) is 32.9. The van der Waals surface area contributed by atoms with Crippen LogP contribution in [0.25, 0.3) is 32.7 Å². The molecule has 6 aromatic carbocycles. The molecule has 6 aromatic rings. The van der Waals surface area contributed by atoms with Crippen LogP contribution in [0.3, 0.4) is 0 Å². The first kappa shape index (κ1) is 37.3. The molecule has 9 rings (SSSR count). The molecule has 54 heavy (non-hydrogen) atoms. The Balaban J connectivity index is 0.000000766. The number of unbranched alkanes of at least 4 members (excludes halogenated alkanes) is 1. The Kier molecular flexibility index (Phi) is 11.5. The van der Waals surface area contributed by atoms with Crippen molar-refractivity contribution >= 4 is 42.2 Å². The second-order valence-corrected chi connectivity index (χ2v) is 22.6. The van der Waals surface area contributed by atoms with Gasteiger partial charge >= 0.3 is 306 Å². The van der Waals surface area contributed by atoms with Crippen molar-refractivity contribution in [1.82, 2.24) is 0 Å². The first-order valence-electron chi connectivity index (χ1n) is 20.9. The average molecular weight is 800 g/mol. The van der Waals surface area contributed by atoms with Crippen LogP contribution in [0.5, 0.6) is 0 Å². The van der Waals surface area contributed by atoms with E-state index in [0.717, 1.165) is 0 Å². The Morgan fingerprint density at radius 2 is 0.981 bits per heavy atom. The van der Waals surface area contributed by atoms with Gasteiger partial charge in [-0.05, 0) is 0 Å². The van der Waals surface area contributed by atoms with Crippen molar-refractivity contribution in [2.24, 2.45) is 0 Å². The van der Waals surface area contributed by atoms with Gasteiger partial charge in [0.1, 0.15) is 0 Å². The molecule has 3 aliphatic rings. The molecule has 0 amide bonds. The van der Waals surface area contributed by atoms with Crippen LogP contribution in [-0.2, 0) is 23.2 Å². The van der Waals surface area contributed by atoms with Crippen LogP contribution >= 0.6 is 0 Å². The molecule has 0 saturated carbocycles. The zero-order chi connectivity index (χ0) is 37.1. The normalized spacial score (nSPS) is 18.7. The third kappa shape index (κ3) is 6.71. The third-order valence-electron chi connectivity index (χ3n) is 12.8. The summed E-state index contributed by atoms with van der Waals surface area (Å²) in [6.45, 7) is 9.85. The monoisotopic (exact) mass is 798 g/mol. The van der Waals surface area contributed by atoms with Gasteiger partial charge in [-0.15, -0.1) is 0 Å². The molecule has 272 valence electrons. The van der Waals surface area contributed by atoms with Gasteiger partial charge in [-0.1, -0.05) is 24.9 Å². The fraction of sp³-hybridized carbons (Fsp3) is 0.308. The summed E-state index contributed by atoms with van der Waals surface area (Å²) in [6.07, 6.45) is 8.22.